The highest BCUT2D eigenvalue weighted by Crippen LogP contribution is 2.68. The molecule has 5 aliphatic rings. The number of allylic oxidation sites excluding steroid dienone is 2. The fourth-order valence-electron chi connectivity index (χ4n) is 8.49. The molecule has 5 unspecified atom stereocenters. The highest BCUT2D eigenvalue weighted by molar-refractivity contribution is 7.13. The second-order valence-electron chi connectivity index (χ2n) is 11.8. The minimum atomic E-state index is -0.392. The van der Waals surface area contributed by atoms with Crippen LogP contribution in [0.3, 0.4) is 0 Å². The summed E-state index contributed by atoms with van der Waals surface area (Å²) in [4.78, 5) is 17.2. The number of ether oxygens (including phenoxy) is 2. The number of nitrogens with zero attached hydrogens (tertiary/aromatic N) is 1. The molecule has 0 aromatic carbocycles. The molecule has 0 bridgehead atoms. The van der Waals surface area contributed by atoms with Crippen LogP contribution in [-0.4, -0.2) is 36.7 Å². The van der Waals surface area contributed by atoms with E-state index in [4.69, 9.17) is 14.3 Å². The number of oxime groups is 1. The van der Waals surface area contributed by atoms with Crippen LogP contribution in [0.25, 0.3) is 0 Å². The van der Waals surface area contributed by atoms with Crippen LogP contribution < -0.4 is 5.09 Å². The zero-order chi connectivity index (χ0) is 23.4. The van der Waals surface area contributed by atoms with Crippen molar-refractivity contribution >= 4 is 21.1 Å². The Morgan fingerprint density at radius 2 is 1.88 bits per heavy atom. The van der Waals surface area contributed by atoms with Gasteiger partial charge < -0.3 is 14.3 Å². The topological polar surface area (TPSA) is 69.2 Å². The van der Waals surface area contributed by atoms with Crippen LogP contribution >= 0.6 is 9.39 Å². The summed E-state index contributed by atoms with van der Waals surface area (Å²) in [5.74, 6) is 2.04. The molecule has 7 heteroatoms. The molecule has 0 aromatic rings. The monoisotopic (exact) mass is 476 g/mol. The van der Waals surface area contributed by atoms with Gasteiger partial charge in [0.15, 0.2) is 5.79 Å². The Morgan fingerprint density at radius 3 is 2.61 bits per heavy atom. The van der Waals surface area contributed by atoms with E-state index in [1.807, 2.05) is 0 Å². The summed E-state index contributed by atoms with van der Waals surface area (Å²) in [6.07, 6.45) is 11.7. The molecule has 3 saturated carbocycles. The summed E-state index contributed by atoms with van der Waals surface area (Å²) in [5, 5.41) is 7.04. The minimum absolute atomic E-state index is 0.241. The first-order valence-electron chi connectivity index (χ1n) is 12.9. The Bertz CT molecular complexity index is 853. The molecule has 0 radical (unpaired) electrons. The maximum absolute atomic E-state index is 12.0. The summed E-state index contributed by atoms with van der Waals surface area (Å²) in [6, 6.07) is -0.384. The van der Waals surface area contributed by atoms with Crippen LogP contribution in [0.15, 0.2) is 16.8 Å². The third-order valence-corrected chi connectivity index (χ3v) is 10.8. The predicted octanol–water partition coefficient (Wildman–Crippen LogP) is 5.00. The molecule has 0 spiro atoms. The number of rotatable bonds is 4. The second-order valence-corrected chi connectivity index (χ2v) is 12.1. The fraction of sp³-hybridized carbons (Fsp3) is 0.846. The van der Waals surface area contributed by atoms with Crippen LogP contribution in [0, 0.1) is 34.5 Å². The average molecular weight is 477 g/mol. The summed E-state index contributed by atoms with van der Waals surface area (Å²) in [6.45, 7) is 10.5. The van der Waals surface area contributed by atoms with Crippen LogP contribution in [-0.2, 0) is 19.1 Å². The lowest BCUT2D eigenvalue weighted by Crippen LogP contribution is -2.53. The molecule has 1 aliphatic heterocycles. The van der Waals surface area contributed by atoms with Crippen molar-refractivity contribution in [2.24, 2.45) is 39.7 Å². The summed E-state index contributed by atoms with van der Waals surface area (Å²) in [7, 11) is 2.35. The van der Waals surface area contributed by atoms with E-state index in [1.165, 1.54) is 37.7 Å². The van der Waals surface area contributed by atoms with Crippen molar-refractivity contribution < 1.29 is 19.1 Å². The van der Waals surface area contributed by atoms with Gasteiger partial charge in [-0.25, -0.2) is 4.79 Å². The Morgan fingerprint density at radius 1 is 1.12 bits per heavy atom. The first-order valence-corrected chi connectivity index (χ1v) is 13.5. The molecule has 4 fully saturated rings. The maximum Gasteiger partial charge on any atom is 0.351 e. The van der Waals surface area contributed by atoms with Crippen molar-refractivity contribution in [3.05, 3.63) is 11.6 Å². The lowest BCUT2D eigenvalue weighted by molar-refractivity contribution is -0.214. The Hall–Kier alpha value is -0.810. The molecule has 6 nitrogen and oxygen atoms in total. The normalized spacial score (nSPS) is 43.9. The molecule has 5 rings (SSSR count). The van der Waals surface area contributed by atoms with Gasteiger partial charge in [0, 0.05) is 5.92 Å². The van der Waals surface area contributed by atoms with E-state index in [9.17, 15) is 4.79 Å². The third kappa shape index (κ3) is 3.84. The zero-order valence-corrected chi connectivity index (χ0v) is 21.8. The first-order chi connectivity index (χ1) is 15.7. The van der Waals surface area contributed by atoms with E-state index in [2.05, 4.69) is 46.5 Å². The highest BCUT2D eigenvalue weighted by atomic mass is 31.0. The van der Waals surface area contributed by atoms with Gasteiger partial charge in [0.05, 0.1) is 18.9 Å². The standard InChI is InChI=1S/C26H41N2O4P/c1-16(28-33)23(29)32-27-18-9-11-24(2)17(15-18)5-6-19-20-7-8-22(26(4)30-13-14-31-26)25(20,3)12-10-21(19)24/h15-16,19-22,28H,5-14,33H2,1-4H3/b27-18+/t16?,19?,20?,21?,22-,24-,25-/m0/s1. The largest absolute Gasteiger partial charge is 0.351 e. The molecule has 184 valence electrons. The molecule has 1 saturated heterocycles. The predicted molar refractivity (Wildman–Crippen MR) is 131 cm³/mol. The third-order valence-electron chi connectivity index (χ3n) is 10.3. The van der Waals surface area contributed by atoms with E-state index in [1.54, 1.807) is 6.92 Å². The number of hydrogen-bond donors (Lipinski definition) is 1. The number of nitrogens with one attached hydrogen (secondary N) is 1. The molecule has 4 aliphatic carbocycles. The second kappa shape index (κ2) is 8.69. The highest BCUT2D eigenvalue weighted by Gasteiger charge is 2.63. The molecular formula is C26H41N2O4P. The Kier molecular flexibility index (Phi) is 6.30. The number of fused-ring (bicyclic) bond motifs is 5. The van der Waals surface area contributed by atoms with Crippen molar-refractivity contribution in [2.75, 3.05) is 13.2 Å². The number of hydrogen-bond acceptors (Lipinski definition) is 6. The first kappa shape index (κ1) is 23.9. The smallest absolute Gasteiger partial charge is 0.348 e. The van der Waals surface area contributed by atoms with E-state index in [0.29, 0.717) is 11.3 Å². The van der Waals surface area contributed by atoms with Gasteiger partial charge in [0.2, 0.25) is 0 Å². The fourth-order valence-corrected chi connectivity index (χ4v) is 8.62. The van der Waals surface area contributed by atoms with Crippen LogP contribution in [0.2, 0.25) is 0 Å². The van der Waals surface area contributed by atoms with Gasteiger partial charge in [0.25, 0.3) is 0 Å². The molecule has 8 atom stereocenters. The van der Waals surface area contributed by atoms with E-state index >= 15 is 0 Å². The van der Waals surface area contributed by atoms with Crippen LogP contribution in [0.4, 0.5) is 0 Å². The molecule has 0 amide bonds. The molecule has 1 N–H and O–H groups in total. The van der Waals surface area contributed by atoms with Crippen molar-refractivity contribution in [3.8, 4) is 0 Å². The van der Waals surface area contributed by atoms with Crippen LogP contribution in [0.1, 0.15) is 79.1 Å². The van der Waals surface area contributed by atoms with Crippen molar-refractivity contribution in [1.82, 2.24) is 5.09 Å². The van der Waals surface area contributed by atoms with Gasteiger partial charge in [-0.15, -0.1) is 0 Å². The summed E-state index contributed by atoms with van der Waals surface area (Å²) >= 11 is 0. The Labute approximate surface area is 200 Å². The maximum atomic E-state index is 12.0. The van der Waals surface area contributed by atoms with Gasteiger partial charge in [-0.2, -0.15) is 0 Å². The molecule has 33 heavy (non-hydrogen) atoms. The Balaban J connectivity index is 1.33. The SMILES string of the molecule is CC(NP)C(=O)O/N=C1/C=C2CCC3C(CC[C@@]4(C)C3CC[C@@H]4C3(C)OCCO3)[C@@]2(C)CC1. The summed E-state index contributed by atoms with van der Waals surface area (Å²) in [5.41, 5.74) is 2.99. The van der Waals surface area contributed by atoms with Gasteiger partial charge in [0.1, 0.15) is 6.04 Å². The van der Waals surface area contributed by atoms with Gasteiger partial charge in [-0.05, 0) is 99.9 Å². The van der Waals surface area contributed by atoms with Crippen molar-refractivity contribution in [1.29, 1.82) is 0 Å². The van der Waals surface area contributed by atoms with Crippen molar-refractivity contribution in [2.45, 2.75) is 90.9 Å². The quantitative estimate of drug-likeness (QED) is 0.352. The number of carbonyl (C=O) groups excluding carboxylic acids is 1. The number of carbonyl (C=O) groups is 1. The zero-order valence-electron chi connectivity index (χ0n) is 20.7. The molecular weight excluding hydrogens is 435 g/mol. The molecule has 0 aromatic heterocycles. The molecule has 1 heterocycles. The lowest BCUT2D eigenvalue weighted by atomic mass is 9.46. The van der Waals surface area contributed by atoms with E-state index in [-0.39, 0.29) is 17.4 Å². The average Bonchev–Trinajstić information content (AvgIpc) is 3.40. The van der Waals surface area contributed by atoms with Crippen LogP contribution in [0.5, 0.6) is 0 Å². The van der Waals surface area contributed by atoms with Crippen molar-refractivity contribution in [3.63, 3.8) is 0 Å². The summed E-state index contributed by atoms with van der Waals surface area (Å²) < 4.78 is 12.3. The van der Waals surface area contributed by atoms with E-state index in [0.717, 1.165) is 55.9 Å². The van der Waals surface area contributed by atoms with Gasteiger partial charge in [-0.3, -0.25) is 5.09 Å². The lowest BCUT2D eigenvalue weighted by Gasteiger charge is -2.59. The van der Waals surface area contributed by atoms with Gasteiger partial charge in [-0.1, -0.05) is 34.0 Å². The van der Waals surface area contributed by atoms with Gasteiger partial charge >= 0.3 is 5.97 Å². The van der Waals surface area contributed by atoms with E-state index < -0.39 is 5.79 Å². The minimum Gasteiger partial charge on any atom is -0.348 e.